The van der Waals surface area contributed by atoms with Gasteiger partial charge in [-0.25, -0.2) is 13.5 Å². The third-order valence-electron chi connectivity index (χ3n) is 3.63. The number of aromatic nitrogens is 3. The summed E-state index contributed by atoms with van der Waals surface area (Å²) in [4.78, 5) is 15.3. The van der Waals surface area contributed by atoms with Crippen LogP contribution in [0.25, 0.3) is 5.69 Å². The Morgan fingerprint density at radius 3 is 2.19 bits per heavy atom. The molecule has 0 aliphatic heterocycles. The van der Waals surface area contributed by atoms with Crippen LogP contribution < -0.4 is 5.32 Å². The third kappa shape index (κ3) is 3.78. The Labute approximate surface area is 149 Å². The predicted molar refractivity (Wildman–Crippen MR) is 85.4 cm³/mol. The van der Waals surface area contributed by atoms with E-state index >= 15 is 0 Å². The van der Waals surface area contributed by atoms with E-state index in [1.165, 1.54) is 31.2 Å². The van der Waals surface area contributed by atoms with Crippen LogP contribution >= 0.6 is 0 Å². The molecule has 0 aliphatic carbocycles. The second-order valence-electron chi connectivity index (χ2n) is 5.56. The lowest BCUT2D eigenvalue weighted by Gasteiger charge is -2.09. The van der Waals surface area contributed by atoms with Crippen molar-refractivity contribution in [1.29, 1.82) is 0 Å². The van der Waals surface area contributed by atoms with Crippen molar-refractivity contribution in [2.75, 3.05) is 5.32 Å². The molecule has 2 heterocycles. The van der Waals surface area contributed by atoms with Gasteiger partial charge in [0.2, 0.25) is 0 Å². The number of hydrogen-bond donors (Lipinski definition) is 1. The van der Waals surface area contributed by atoms with Gasteiger partial charge in [0.1, 0.15) is 5.56 Å². The maximum absolute atomic E-state index is 13.6. The van der Waals surface area contributed by atoms with Crippen molar-refractivity contribution in [3.8, 4) is 5.69 Å². The Kier molecular flexibility index (Phi) is 4.64. The molecule has 0 bridgehead atoms. The number of benzene rings is 1. The minimum absolute atomic E-state index is 0.195. The molecular weight excluding hydrogens is 371 g/mol. The predicted octanol–water partition coefficient (Wildman–Crippen LogP) is 4.13. The molecule has 3 rings (SSSR count). The van der Waals surface area contributed by atoms with Crippen LogP contribution in [0.5, 0.6) is 0 Å². The van der Waals surface area contributed by atoms with Gasteiger partial charge in [0.25, 0.3) is 5.91 Å². The highest BCUT2D eigenvalue weighted by molar-refractivity contribution is 6.04. The number of amides is 1. The van der Waals surface area contributed by atoms with E-state index < -0.39 is 35.0 Å². The number of pyridine rings is 1. The zero-order chi connectivity index (χ0) is 19.8. The normalized spacial score (nSPS) is 11.5. The Morgan fingerprint density at radius 2 is 1.67 bits per heavy atom. The van der Waals surface area contributed by atoms with E-state index in [4.69, 9.17) is 0 Å². The standard InChI is InChI=1S/C17H11F5N4O/c1-9-6-14(17(20,21)22)25-26(9)11-4-2-10(3-5-11)24-16(27)15-12(18)7-23-8-13(15)19/h2-8H,1H3,(H,24,27). The molecule has 0 saturated heterocycles. The Morgan fingerprint density at radius 1 is 1.07 bits per heavy atom. The van der Waals surface area contributed by atoms with Crippen LogP contribution in [-0.2, 0) is 6.18 Å². The molecule has 140 valence electrons. The highest BCUT2D eigenvalue weighted by atomic mass is 19.4. The zero-order valence-corrected chi connectivity index (χ0v) is 13.7. The number of carbonyl (C=O) groups is 1. The monoisotopic (exact) mass is 382 g/mol. The summed E-state index contributed by atoms with van der Waals surface area (Å²) < 4.78 is 66.5. The summed E-state index contributed by atoms with van der Waals surface area (Å²) in [5, 5.41) is 5.82. The van der Waals surface area contributed by atoms with Crippen molar-refractivity contribution in [1.82, 2.24) is 14.8 Å². The number of anilines is 1. The molecule has 0 unspecified atom stereocenters. The number of carbonyl (C=O) groups excluding carboxylic acids is 1. The molecule has 0 aliphatic rings. The lowest BCUT2D eigenvalue weighted by molar-refractivity contribution is -0.141. The fourth-order valence-electron chi connectivity index (χ4n) is 2.38. The summed E-state index contributed by atoms with van der Waals surface area (Å²) in [5.41, 5.74) is -1.03. The fraction of sp³-hybridized carbons (Fsp3) is 0.118. The summed E-state index contributed by atoms with van der Waals surface area (Å²) in [5.74, 6) is -3.25. The van der Waals surface area contributed by atoms with E-state index in [2.05, 4.69) is 15.4 Å². The van der Waals surface area contributed by atoms with Gasteiger partial charge in [0, 0.05) is 11.4 Å². The molecule has 1 aromatic carbocycles. The van der Waals surface area contributed by atoms with Crippen LogP contribution in [0.1, 0.15) is 21.7 Å². The third-order valence-corrected chi connectivity index (χ3v) is 3.63. The molecule has 27 heavy (non-hydrogen) atoms. The number of nitrogens with one attached hydrogen (secondary N) is 1. The molecule has 1 amide bonds. The van der Waals surface area contributed by atoms with Gasteiger partial charge in [-0.15, -0.1) is 0 Å². The van der Waals surface area contributed by atoms with E-state index in [9.17, 15) is 26.7 Å². The lowest BCUT2D eigenvalue weighted by atomic mass is 10.2. The summed E-state index contributed by atoms with van der Waals surface area (Å²) in [6.45, 7) is 1.47. The molecule has 10 heteroatoms. The average Bonchev–Trinajstić information content (AvgIpc) is 2.97. The van der Waals surface area contributed by atoms with Gasteiger partial charge in [-0.1, -0.05) is 0 Å². The van der Waals surface area contributed by atoms with Crippen molar-refractivity contribution in [3.05, 3.63) is 71.3 Å². The molecule has 0 saturated carbocycles. The van der Waals surface area contributed by atoms with Crippen LogP contribution in [0.4, 0.5) is 27.6 Å². The first-order chi connectivity index (χ1) is 12.7. The van der Waals surface area contributed by atoms with Crippen LogP contribution in [0.3, 0.4) is 0 Å². The SMILES string of the molecule is Cc1cc(C(F)(F)F)nn1-c1ccc(NC(=O)c2c(F)cncc2F)cc1. The quantitative estimate of drug-likeness (QED) is 0.693. The molecule has 3 aromatic rings. The van der Waals surface area contributed by atoms with Crippen molar-refractivity contribution in [3.63, 3.8) is 0 Å². The van der Waals surface area contributed by atoms with Gasteiger partial charge in [-0.3, -0.25) is 9.78 Å². The van der Waals surface area contributed by atoms with Crippen molar-refractivity contribution in [2.24, 2.45) is 0 Å². The van der Waals surface area contributed by atoms with Crippen molar-refractivity contribution >= 4 is 11.6 Å². The Bertz CT molecular complexity index is 975. The van der Waals surface area contributed by atoms with Gasteiger partial charge in [0.15, 0.2) is 17.3 Å². The second kappa shape index (κ2) is 6.78. The molecular formula is C17H11F5N4O. The summed E-state index contributed by atoms with van der Waals surface area (Å²) in [6.07, 6.45) is -3.15. The number of halogens is 5. The van der Waals surface area contributed by atoms with Crippen LogP contribution in [0, 0.1) is 18.6 Å². The topological polar surface area (TPSA) is 59.8 Å². The van der Waals surface area contributed by atoms with E-state index in [1.54, 1.807) is 0 Å². The largest absolute Gasteiger partial charge is 0.435 e. The zero-order valence-electron chi connectivity index (χ0n) is 13.7. The minimum atomic E-state index is -4.57. The fourth-order valence-corrected chi connectivity index (χ4v) is 2.38. The van der Waals surface area contributed by atoms with Crippen LogP contribution in [0.2, 0.25) is 0 Å². The number of hydrogen-bond acceptors (Lipinski definition) is 3. The Balaban J connectivity index is 1.82. The highest BCUT2D eigenvalue weighted by Crippen LogP contribution is 2.29. The lowest BCUT2D eigenvalue weighted by Crippen LogP contribution is -2.16. The molecule has 0 spiro atoms. The van der Waals surface area contributed by atoms with E-state index in [1.807, 2.05) is 0 Å². The van der Waals surface area contributed by atoms with E-state index in [-0.39, 0.29) is 11.4 Å². The first-order valence-electron chi connectivity index (χ1n) is 7.51. The maximum atomic E-state index is 13.6. The molecule has 0 atom stereocenters. The number of alkyl halides is 3. The van der Waals surface area contributed by atoms with Gasteiger partial charge in [0.05, 0.1) is 18.1 Å². The smallest absolute Gasteiger partial charge is 0.322 e. The van der Waals surface area contributed by atoms with Gasteiger partial charge < -0.3 is 5.32 Å². The number of nitrogens with zero attached hydrogens (tertiary/aromatic N) is 3. The summed E-state index contributed by atoms with van der Waals surface area (Å²) in [6, 6.07) is 6.48. The highest BCUT2D eigenvalue weighted by Gasteiger charge is 2.34. The number of rotatable bonds is 3. The van der Waals surface area contributed by atoms with Crippen LogP contribution in [-0.4, -0.2) is 20.7 Å². The van der Waals surface area contributed by atoms with Gasteiger partial charge >= 0.3 is 6.18 Å². The molecule has 0 radical (unpaired) electrons. The maximum Gasteiger partial charge on any atom is 0.435 e. The Hall–Kier alpha value is -3.30. The molecule has 0 fully saturated rings. The number of aryl methyl sites for hydroxylation is 1. The molecule has 1 N–H and O–H groups in total. The van der Waals surface area contributed by atoms with Crippen molar-refractivity contribution < 1.29 is 26.7 Å². The first-order valence-corrected chi connectivity index (χ1v) is 7.51. The first kappa shape index (κ1) is 18.5. The molecule has 5 nitrogen and oxygen atoms in total. The molecule has 2 aromatic heterocycles. The van der Waals surface area contributed by atoms with E-state index in [0.29, 0.717) is 18.1 Å². The van der Waals surface area contributed by atoms with E-state index in [0.717, 1.165) is 10.7 Å². The van der Waals surface area contributed by atoms with Gasteiger partial charge in [-0.05, 0) is 37.3 Å². The summed E-state index contributed by atoms with van der Waals surface area (Å²) in [7, 11) is 0. The van der Waals surface area contributed by atoms with Gasteiger partial charge in [-0.2, -0.15) is 18.3 Å². The minimum Gasteiger partial charge on any atom is -0.322 e. The second-order valence-corrected chi connectivity index (χ2v) is 5.56. The van der Waals surface area contributed by atoms with Crippen LogP contribution in [0.15, 0.2) is 42.7 Å². The average molecular weight is 382 g/mol. The van der Waals surface area contributed by atoms with Crippen molar-refractivity contribution in [2.45, 2.75) is 13.1 Å². The summed E-state index contributed by atoms with van der Waals surface area (Å²) >= 11 is 0.